The molecule has 0 amide bonds. The van der Waals surface area contributed by atoms with Gasteiger partial charge in [0.15, 0.2) is 4.77 Å². The Labute approximate surface area is 92.7 Å². The Hall–Kier alpha value is -1.16. The van der Waals surface area contributed by atoms with Gasteiger partial charge < -0.3 is 9.55 Å². The normalized spacial score (nSPS) is 11.1. The predicted octanol–water partition coefficient (Wildman–Crippen LogP) is 3.56. The monoisotopic (exact) mass is 224 g/mol. The van der Waals surface area contributed by atoms with Crippen molar-refractivity contribution < 1.29 is 4.39 Å². The summed E-state index contributed by atoms with van der Waals surface area (Å²) in [5, 5.41) is 0. The lowest BCUT2D eigenvalue weighted by Gasteiger charge is -2.02. The van der Waals surface area contributed by atoms with Gasteiger partial charge in [-0.25, -0.2) is 4.39 Å². The maximum Gasteiger partial charge on any atom is 0.178 e. The summed E-state index contributed by atoms with van der Waals surface area (Å²) in [5.74, 6) is -0.192. The van der Waals surface area contributed by atoms with Crippen LogP contribution in [0.4, 0.5) is 4.39 Å². The number of aryl methyl sites for hydroxylation is 2. The lowest BCUT2D eigenvalue weighted by molar-refractivity contribution is 0.620. The molecule has 2 rings (SSSR count). The molecule has 1 aromatic heterocycles. The van der Waals surface area contributed by atoms with Crippen LogP contribution in [0.25, 0.3) is 11.0 Å². The molecule has 0 saturated carbocycles. The average Bonchev–Trinajstić information content (AvgIpc) is 2.46. The molecule has 0 aliphatic rings. The zero-order valence-electron chi connectivity index (χ0n) is 8.80. The van der Waals surface area contributed by atoms with E-state index >= 15 is 0 Å². The highest BCUT2D eigenvalue weighted by atomic mass is 32.1. The van der Waals surface area contributed by atoms with Crippen LogP contribution in [0.2, 0.25) is 0 Å². The predicted molar refractivity (Wildman–Crippen MR) is 62.1 cm³/mol. The van der Waals surface area contributed by atoms with Crippen LogP contribution in [0, 0.1) is 17.5 Å². The molecule has 0 radical (unpaired) electrons. The first-order valence-electron chi connectivity index (χ1n) is 5.02. The molecule has 0 fully saturated rings. The molecule has 4 heteroatoms. The minimum absolute atomic E-state index is 0.192. The number of fused-ring (bicyclic) bond motifs is 1. The summed E-state index contributed by atoms with van der Waals surface area (Å²) in [6.45, 7) is 4.72. The number of benzene rings is 1. The van der Waals surface area contributed by atoms with Crippen LogP contribution >= 0.6 is 12.2 Å². The topological polar surface area (TPSA) is 20.7 Å². The maximum absolute atomic E-state index is 13.3. The Morgan fingerprint density at radius 2 is 2.20 bits per heavy atom. The lowest BCUT2D eigenvalue weighted by atomic mass is 10.2. The van der Waals surface area contributed by atoms with Gasteiger partial charge in [-0.1, -0.05) is 6.92 Å². The molecule has 15 heavy (non-hydrogen) atoms. The third kappa shape index (κ3) is 1.69. The Balaban J connectivity index is 2.76. The van der Waals surface area contributed by atoms with E-state index in [4.69, 9.17) is 12.2 Å². The summed E-state index contributed by atoms with van der Waals surface area (Å²) >= 11 is 5.19. The third-order valence-electron chi connectivity index (χ3n) is 2.50. The van der Waals surface area contributed by atoms with Crippen LogP contribution in [0.15, 0.2) is 12.1 Å². The zero-order valence-corrected chi connectivity index (χ0v) is 9.62. The molecule has 80 valence electrons. The van der Waals surface area contributed by atoms with E-state index in [1.54, 1.807) is 6.92 Å². The molecule has 0 aliphatic heterocycles. The second kappa shape index (κ2) is 3.77. The van der Waals surface area contributed by atoms with E-state index < -0.39 is 0 Å². The van der Waals surface area contributed by atoms with Gasteiger partial charge in [0.25, 0.3) is 0 Å². The number of hydrogen-bond donors (Lipinski definition) is 1. The highest BCUT2D eigenvalue weighted by Crippen LogP contribution is 2.19. The van der Waals surface area contributed by atoms with E-state index in [0.717, 1.165) is 24.0 Å². The molecule has 0 aliphatic carbocycles. The van der Waals surface area contributed by atoms with E-state index in [1.807, 2.05) is 10.6 Å². The Kier molecular flexibility index (Phi) is 2.61. The van der Waals surface area contributed by atoms with E-state index in [0.29, 0.717) is 10.3 Å². The van der Waals surface area contributed by atoms with Gasteiger partial charge >= 0.3 is 0 Å². The van der Waals surface area contributed by atoms with Gasteiger partial charge in [-0.2, -0.15) is 0 Å². The first-order chi connectivity index (χ1) is 7.13. The van der Waals surface area contributed by atoms with Gasteiger partial charge in [0.05, 0.1) is 11.0 Å². The fourth-order valence-electron chi connectivity index (χ4n) is 1.73. The molecule has 1 heterocycles. The number of imidazole rings is 1. The summed E-state index contributed by atoms with van der Waals surface area (Å²) in [7, 11) is 0. The SMILES string of the molecule is CCCn1c(=S)[nH]c2cc(F)c(C)cc21. The van der Waals surface area contributed by atoms with Gasteiger partial charge in [0.2, 0.25) is 0 Å². The van der Waals surface area contributed by atoms with Crippen molar-refractivity contribution in [1.82, 2.24) is 9.55 Å². The highest BCUT2D eigenvalue weighted by molar-refractivity contribution is 7.71. The van der Waals surface area contributed by atoms with E-state index in [2.05, 4.69) is 11.9 Å². The van der Waals surface area contributed by atoms with Crippen LogP contribution in [-0.2, 0) is 6.54 Å². The number of aromatic nitrogens is 2. The van der Waals surface area contributed by atoms with Gasteiger partial charge in [-0.15, -0.1) is 0 Å². The van der Waals surface area contributed by atoms with Crippen molar-refractivity contribution in [3.05, 3.63) is 28.3 Å². The summed E-state index contributed by atoms with van der Waals surface area (Å²) in [5.41, 5.74) is 2.42. The molecule has 0 bridgehead atoms. The standard InChI is InChI=1S/C11H13FN2S/c1-3-4-14-10-5-7(2)8(12)6-9(10)13-11(14)15/h5-6H,3-4H2,1-2H3,(H,13,15). The van der Waals surface area contributed by atoms with Crippen molar-refractivity contribution in [3.8, 4) is 0 Å². The molecule has 0 unspecified atom stereocenters. The van der Waals surface area contributed by atoms with Crippen molar-refractivity contribution in [1.29, 1.82) is 0 Å². The summed E-state index contributed by atoms with van der Waals surface area (Å²) < 4.78 is 16.0. The largest absolute Gasteiger partial charge is 0.330 e. The molecule has 2 nitrogen and oxygen atoms in total. The fourth-order valence-corrected chi connectivity index (χ4v) is 2.03. The second-order valence-corrected chi connectivity index (χ2v) is 4.09. The number of rotatable bonds is 2. The maximum atomic E-state index is 13.3. The van der Waals surface area contributed by atoms with Crippen molar-refractivity contribution in [2.24, 2.45) is 0 Å². The van der Waals surface area contributed by atoms with Crippen LogP contribution in [0.3, 0.4) is 0 Å². The van der Waals surface area contributed by atoms with E-state index in [-0.39, 0.29) is 5.82 Å². The molecule has 0 saturated heterocycles. The van der Waals surface area contributed by atoms with Crippen LogP contribution in [-0.4, -0.2) is 9.55 Å². The number of aromatic amines is 1. The van der Waals surface area contributed by atoms with Crippen LogP contribution < -0.4 is 0 Å². The first kappa shape index (κ1) is 10.4. The summed E-state index contributed by atoms with van der Waals surface area (Å²) in [4.78, 5) is 3.02. The molecule has 1 aromatic carbocycles. The van der Waals surface area contributed by atoms with Crippen LogP contribution in [0.5, 0.6) is 0 Å². The number of H-pyrrole nitrogens is 1. The zero-order chi connectivity index (χ0) is 11.0. The fraction of sp³-hybridized carbons (Fsp3) is 0.364. The third-order valence-corrected chi connectivity index (χ3v) is 2.82. The molecule has 2 aromatic rings. The molecule has 1 N–H and O–H groups in total. The van der Waals surface area contributed by atoms with Gasteiger partial charge in [0, 0.05) is 6.54 Å². The van der Waals surface area contributed by atoms with E-state index in [1.165, 1.54) is 6.07 Å². The molecule has 0 spiro atoms. The van der Waals surface area contributed by atoms with Crippen LogP contribution in [0.1, 0.15) is 18.9 Å². The van der Waals surface area contributed by atoms with Crippen molar-refractivity contribution in [3.63, 3.8) is 0 Å². The van der Waals surface area contributed by atoms with Crippen molar-refractivity contribution in [2.75, 3.05) is 0 Å². The first-order valence-corrected chi connectivity index (χ1v) is 5.43. The summed E-state index contributed by atoms with van der Waals surface area (Å²) in [6.07, 6.45) is 1.01. The Morgan fingerprint density at radius 3 is 2.87 bits per heavy atom. The Bertz CT molecular complexity index is 553. The average molecular weight is 224 g/mol. The van der Waals surface area contributed by atoms with Gasteiger partial charge in [0.1, 0.15) is 5.82 Å². The summed E-state index contributed by atoms with van der Waals surface area (Å²) in [6, 6.07) is 3.35. The number of hydrogen-bond acceptors (Lipinski definition) is 1. The molecule has 0 atom stereocenters. The van der Waals surface area contributed by atoms with Gasteiger partial charge in [-0.05, 0) is 43.3 Å². The van der Waals surface area contributed by atoms with Crippen molar-refractivity contribution >= 4 is 23.3 Å². The number of nitrogens with zero attached hydrogens (tertiary/aromatic N) is 1. The quantitative estimate of drug-likeness (QED) is 0.773. The minimum atomic E-state index is -0.192. The van der Waals surface area contributed by atoms with E-state index in [9.17, 15) is 4.39 Å². The van der Waals surface area contributed by atoms with Crippen molar-refractivity contribution in [2.45, 2.75) is 26.8 Å². The highest BCUT2D eigenvalue weighted by Gasteiger charge is 2.06. The van der Waals surface area contributed by atoms with Gasteiger partial charge in [-0.3, -0.25) is 0 Å². The lowest BCUT2D eigenvalue weighted by Crippen LogP contribution is -1.96. The molecular weight excluding hydrogens is 211 g/mol. The minimum Gasteiger partial charge on any atom is -0.330 e. The smallest absolute Gasteiger partial charge is 0.178 e. The second-order valence-electron chi connectivity index (χ2n) is 3.70. The number of nitrogens with one attached hydrogen (secondary N) is 1. The molecular formula is C11H13FN2S. The Morgan fingerprint density at radius 1 is 1.47 bits per heavy atom. The number of halogens is 1.